The van der Waals surface area contributed by atoms with Crippen LogP contribution in [0.3, 0.4) is 0 Å². The first kappa shape index (κ1) is 13.5. The van der Waals surface area contributed by atoms with E-state index in [1.54, 1.807) is 6.92 Å². The predicted molar refractivity (Wildman–Crippen MR) is 72.7 cm³/mol. The molecule has 1 aromatic rings. The summed E-state index contributed by atoms with van der Waals surface area (Å²) in [6, 6.07) is 1.90. The molecule has 18 heavy (non-hydrogen) atoms. The lowest BCUT2D eigenvalue weighted by Crippen LogP contribution is -2.51. The standard InChI is InChI=1S/C12H14BrNO3S/c1-12(11(16)17)3-2-4-14(12)10(15)6-9-5-8(13)7-18-9/h5,7H,2-4,6H2,1H3,(H,16,17). The number of likely N-dealkylation sites (tertiary alicyclic amines) is 1. The third kappa shape index (κ3) is 2.44. The summed E-state index contributed by atoms with van der Waals surface area (Å²) >= 11 is 4.85. The van der Waals surface area contributed by atoms with Crippen LogP contribution in [0.2, 0.25) is 0 Å². The van der Waals surface area contributed by atoms with Crippen LogP contribution >= 0.6 is 27.3 Å². The Balaban J connectivity index is 2.11. The summed E-state index contributed by atoms with van der Waals surface area (Å²) in [4.78, 5) is 25.9. The summed E-state index contributed by atoms with van der Waals surface area (Å²) in [5.41, 5.74) is -1.04. The second-order valence-electron chi connectivity index (χ2n) is 4.64. The Morgan fingerprint density at radius 2 is 2.33 bits per heavy atom. The molecule has 1 aromatic heterocycles. The normalized spacial score (nSPS) is 23.3. The molecule has 2 heterocycles. The predicted octanol–water partition coefficient (Wildman–Crippen LogP) is 2.52. The number of hydrogen-bond donors (Lipinski definition) is 1. The summed E-state index contributed by atoms with van der Waals surface area (Å²) in [5, 5.41) is 11.2. The van der Waals surface area contributed by atoms with Gasteiger partial charge in [0.2, 0.25) is 5.91 Å². The minimum atomic E-state index is -1.04. The molecule has 1 N–H and O–H groups in total. The van der Waals surface area contributed by atoms with Crippen LogP contribution in [0.25, 0.3) is 0 Å². The molecule has 2 rings (SSSR count). The van der Waals surface area contributed by atoms with Crippen molar-refractivity contribution in [3.8, 4) is 0 Å². The highest BCUT2D eigenvalue weighted by Crippen LogP contribution is 2.30. The highest BCUT2D eigenvalue weighted by molar-refractivity contribution is 9.10. The quantitative estimate of drug-likeness (QED) is 0.925. The summed E-state index contributed by atoms with van der Waals surface area (Å²) in [5.74, 6) is -1.02. The number of carboxylic acid groups (broad SMARTS) is 1. The molecule has 0 aliphatic carbocycles. The highest BCUT2D eigenvalue weighted by atomic mass is 79.9. The van der Waals surface area contributed by atoms with Crippen molar-refractivity contribution < 1.29 is 14.7 Å². The second-order valence-corrected chi connectivity index (χ2v) is 6.55. The number of carbonyl (C=O) groups is 2. The molecule has 4 nitrogen and oxygen atoms in total. The van der Waals surface area contributed by atoms with Gasteiger partial charge in [-0.25, -0.2) is 4.79 Å². The van der Waals surface area contributed by atoms with Crippen LogP contribution in [0, 0.1) is 0 Å². The van der Waals surface area contributed by atoms with Gasteiger partial charge in [0.25, 0.3) is 0 Å². The van der Waals surface area contributed by atoms with Gasteiger partial charge in [0, 0.05) is 21.3 Å². The lowest BCUT2D eigenvalue weighted by atomic mass is 9.99. The Morgan fingerprint density at radius 3 is 2.89 bits per heavy atom. The van der Waals surface area contributed by atoms with E-state index in [4.69, 9.17) is 0 Å². The number of rotatable bonds is 3. The minimum absolute atomic E-state index is 0.105. The Labute approximate surface area is 118 Å². The van der Waals surface area contributed by atoms with Crippen LogP contribution < -0.4 is 0 Å². The van der Waals surface area contributed by atoms with Gasteiger partial charge in [-0.05, 0) is 41.8 Å². The van der Waals surface area contributed by atoms with Crippen molar-refractivity contribution in [2.24, 2.45) is 0 Å². The highest BCUT2D eigenvalue weighted by Gasteiger charge is 2.45. The molecule has 6 heteroatoms. The zero-order chi connectivity index (χ0) is 13.3. The van der Waals surface area contributed by atoms with Crippen LogP contribution in [-0.2, 0) is 16.0 Å². The third-order valence-corrected chi connectivity index (χ3v) is 5.05. The van der Waals surface area contributed by atoms with Gasteiger partial charge in [-0.2, -0.15) is 0 Å². The molecule has 1 amide bonds. The lowest BCUT2D eigenvalue weighted by Gasteiger charge is -2.31. The Hall–Kier alpha value is -0.880. The maximum absolute atomic E-state index is 12.2. The van der Waals surface area contributed by atoms with Crippen LogP contribution in [0.4, 0.5) is 0 Å². The first-order valence-electron chi connectivity index (χ1n) is 5.70. The number of aliphatic carboxylic acids is 1. The summed E-state index contributed by atoms with van der Waals surface area (Å²) < 4.78 is 0.956. The number of hydrogen-bond acceptors (Lipinski definition) is 3. The number of nitrogens with zero attached hydrogens (tertiary/aromatic N) is 1. The van der Waals surface area contributed by atoms with Gasteiger partial charge in [-0.1, -0.05) is 0 Å². The zero-order valence-corrected chi connectivity index (χ0v) is 12.4. The van der Waals surface area contributed by atoms with Crippen molar-refractivity contribution in [2.75, 3.05) is 6.54 Å². The minimum Gasteiger partial charge on any atom is -0.480 e. The summed E-state index contributed by atoms with van der Waals surface area (Å²) in [6.45, 7) is 2.17. The van der Waals surface area contributed by atoms with Crippen molar-refractivity contribution >= 4 is 39.1 Å². The molecule has 0 saturated carbocycles. The molecular weight excluding hydrogens is 318 g/mol. The van der Waals surface area contributed by atoms with Crippen molar-refractivity contribution in [1.29, 1.82) is 0 Å². The third-order valence-electron chi connectivity index (χ3n) is 3.35. The monoisotopic (exact) mass is 331 g/mol. The van der Waals surface area contributed by atoms with E-state index in [-0.39, 0.29) is 12.3 Å². The van der Waals surface area contributed by atoms with Crippen LogP contribution in [-0.4, -0.2) is 34.0 Å². The van der Waals surface area contributed by atoms with Gasteiger partial charge in [-0.3, -0.25) is 4.79 Å². The van der Waals surface area contributed by atoms with E-state index in [0.29, 0.717) is 13.0 Å². The van der Waals surface area contributed by atoms with Crippen molar-refractivity contribution in [3.63, 3.8) is 0 Å². The fourth-order valence-corrected chi connectivity index (χ4v) is 3.72. The molecule has 1 atom stereocenters. The lowest BCUT2D eigenvalue weighted by molar-refractivity contribution is -0.155. The molecule has 0 aromatic carbocycles. The van der Waals surface area contributed by atoms with E-state index in [1.165, 1.54) is 16.2 Å². The summed E-state index contributed by atoms with van der Waals surface area (Å²) in [7, 11) is 0. The maximum atomic E-state index is 12.2. The van der Waals surface area contributed by atoms with E-state index in [9.17, 15) is 14.7 Å². The molecule has 1 aliphatic heterocycles. The molecule has 0 spiro atoms. The Bertz CT molecular complexity index is 487. The average Bonchev–Trinajstić information content (AvgIpc) is 2.86. The molecule has 1 fully saturated rings. The van der Waals surface area contributed by atoms with Gasteiger partial charge in [0.05, 0.1) is 6.42 Å². The molecule has 98 valence electrons. The van der Waals surface area contributed by atoms with Crippen molar-refractivity contribution in [3.05, 3.63) is 20.8 Å². The zero-order valence-electron chi connectivity index (χ0n) is 9.98. The van der Waals surface area contributed by atoms with Crippen LogP contribution in [0.1, 0.15) is 24.6 Å². The molecule has 1 saturated heterocycles. The molecule has 1 aliphatic rings. The van der Waals surface area contributed by atoms with Crippen molar-refractivity contribution in [2.45, 2.75) is 31.7 Å². The van der Waals surface area contributed by atoms with E-state index < -0.39 is 11.5 Å². The molecule has 0 bridgehead atoms. The fourth-order valence-electron chi connectivity index (χ4n) is 2.28. The number of carboxylic acids is 1. The number of thiophene rings is 1. The Morgan fingerprint density at radius 1 is 1.61 bits per heavy atom. The van der Waals surface area contributed by atoms with Gasteiger partial charge < -0.3 is 10.0 Å². The summed E-state index contributed by atoms with van der Waals surface area (Å²) in [6.07, 6.45) is 1.56. The van der Waals surface area contributed by atoms with Gasteiger partial charge in [-0.15, -0.1) is 11.3 Å². The van der Waals surface area contributed by atoms with E-state index in [2.05, 4.69) is 15.9 Å². The van der Waals surface area contributed by atoms with Gasteiger partial charge in [0.15, 0.2) is 0 Å². The number of amides is 1. The molecular formula is C12H14BrNO3S. The van der Waals surface area contributed by atoms with E-state index in [1.807, 2.05) is 11.4 Å². The SMILES string of the molecule is CC1(C(=O)O)CCCN1C(=O)Cc1cc(Br)cs1. The topological polar surface area (TPSA) is 57.6 Å². The first-order valence-corrected chi connectivity index (χ1v) is 7.37. The first-order chi connectivity index (χ1) is 8.43. The number of carbonyl (C=O) groups excluding carboxylic acids is 1. The molecule has 1 unspecified atom stereocenters. The van der Waals surface area contributed by atoms with Crippen LogP contribution in [0.5, 0.6) is 0 Å². The number of halogens is 1. The van der Waals surface area contributed by atoms with Crippen molar-refractivity contribution in [1.82, 2.24) is 4.90 Å². The fraction of sp³-hybridized carbons (Fsp3) is 0.500. The largest absolute Gasteiger partial charge is 0.480 e. The maximum Gasteiger partial charge on any atom is 0.329 e. The van der Waals surface area contributed by atoms with Gasteiger partial charge >= 0.3 is 5.97 Å². The van der Waals surface area contributed by atoms with E-state index in [0.717, 1.165) is 15.8 Å². The average molecular weight is 332 g/mol. The smallest absolute Gasteiger partial charge is 0.329 e. The van der Waals surface area contributed by atoms with Crippen LogP contribution in [0.15, 0.2) is 15.9 Å². The van der Waals surface area contributed by atoms with Gasteiger partial charge in [0.1, 0.15) is 5.54 Å². The molecule has 0 radical (unpaired) electrons. The second kappa shape index (κ2) is 5.01. The van der Waals surface area contributed by atoms with E-state index >= 15 is 0 Å². The Kier molecular flexibility index (Phi) is 3.77.